The average molecular weight is 336 g/mol. The molecule has 0 saturated heterocycles. The minimum Gasteiger partial charge on any atom is -0.481 e. The highest BCUT2D eigenvalue weighted by molar-refractivity contribution is 6.30. The molecule has 1 aromatic heterocycles. The molecule has 1 saturated carbocycles. The molecule has 0 radical (unpaired) electrons. The molecule has 2 atom stereocenters. The van der Waals surface area contributed by atoms with Gasteiger partial charge < -0.3 is 14.9 Å². The molecule has 8 heteroatoms. The van der Waals surface area contributed by atoms with Gasteiger partial charge in [0.2, 0.25) is 17.6 Å². The van der Waals surface area contributed by atoms with Crippen molar-refractivity contribution in [2.75, 3.05) is 6.54 Å². The largest absolute Gasteiger partial charge is 0.481 e. The van der Waals surface area contributed by atoms with Gasteiger partial charge >= 0.3 is 5.97 Å². The second-order valence-corrected chi connectivity index (χ2v) is 5.79. The first kappa shape index (κ1) is 15.5. The van der Waals surface area contributed by atoms with Crippen LogP contribution in [0.2, 0.25) is 5.02 Å². The number of benzene rings is 1. The number of hydrogen-bond donors (Lipinski definition) is 2. The molecule has 120 valence electrons. The summed E-state index contributed by atoms with van der Waals surface area (Å²) in [5, 5.41) is 15.9. The molecule has 2 N–H and O–H groups in total. The number of nitrogens with zero attached hydrogens (tertiary/aromatic N) is 2. The Labute approximate surface area is 136 Å². The third-order valence-corrected chi connectivity index (χ3v) is 3.87. The topological polar surface area (TPSA) is 105 Å². The number of halogens is 1. The summed E-state index contributed by atoms with van der Waals surface area (Å²) in [7, 11) is 0. The van der Waals surface area contributed by atoms with Crippen molar-refractivity contribution in [3.05, 3.63) is 35.2 Å². The Morgan fingerprint density at radius 2 is 2.22 bits per heavy atom. The van der Waals surface area contributed by atoms with Gasteiger partial charge in [0.1, 0.15) is 0 Å². The van der Waals surface area contributed by atoms with Crippen LogP contribution < -0.4 is 5.32 Å². The van der Waals surface area contributed by atoms with Crippen LogP contribution in [0.15, 0.2) is 28.8 Å². The van der Waals surface area contributed by atoms with Crippen molar-refractivity contribution in [3.63, 3.8) is 0 Å². The van der Waals surface area contributed by atoms with E-state index in [1.54, 1.807) is 18.2 Å². The predicted octanol–water partition coefficient (Wildman–Crippen LogP) is 1.77. The standard InChI is InChI=1S/C15H14ClN3O4/c16-9-3-1-2-8(6-9)13-18-12(23-19-13)4-5-17-14(20)10-7-11(10)15(21)22/h1-3,6,10-11H,4-5,7H2,(H,17,20)(H,21,22)/t10-,11-/m0/s1. The summed E-state index contributed by atoms with van der Waals surface area (Å²) in [6.45, 7) is 0.318. The lowest BCUT2D eigenvalue weighted by Gasteiger charge is -2.01. The third kappa shape index (κ3) is 3.68. The minimum absolute atomic E-state index is 0.244. The number of amides is 1. The molecule has 2 aromatic rings. The van der Waals surface area contributed by atoms with Crippen LogP contribution in [0.1, 0.15) is 12.3 Å². The predicted molar refractivity (Wildman–Crippen MR) is 80.7 cm³/mol. The summed E-state index contributed by atoms with van der Waals surface area (Å²) in [5.41, 5.74) is 0.749. The van der Waals surface area contributed by atoms with E-state index in [-0.39, 0.29) is 5.91 Å². The number of carboxylic acids is 1. The molecule has 1 heterocycles. The Morgan fingerprint density at radius 1 is 1.39 bits per heavy atom. The summed E-state index contributed by atoms with van der Waals surface area (Å²) in [6, 6.07) is 7.10. The number of hydrogen-bond acceptors (Lipinski definition) is 5. The first-order chi connectivity index (χ1) is 11.0. The van der Waals surface area contributed by atoms with Crippen LogP contribution in [-0.4, -0.2) is 33.7 Å². The molecule has 0 bridgehead atoms. The molecule has 0 unspecified atom stereocenters. The van der Waals surface area contributed by atoms with E-state index in [0.29, 0.717) is 36.1 Å². The highest BCUT2D eigenvalue weighted by atomic mass is 35.5. The Bertz CT molecular complexity index is 746. The first-order valence-corrected chi connectivity index (χ1v) is 7.51. The van der Waals surface area contributed by atoms with E-state index in [4.69, 9.17) is 21.2 Å². The normalized spacial score (nSPS) is 19.3. The quantitative estimate of drug-likeness (QED) is 0.833. The highest BCUT2D eigenvalue weighted by Gasteiger charge is 2.48. The summed E-state index contributed by atoms with van der Waals surface area (Å²) in [5.74, 6) is -1.31. The smallest absolute Gasteiger partial charge is 0.307 e. The van der Waals surface area contributed by atoms with Gasteiger partial charge in [0.05, 0.1) is 11.8 Å². The van der Waals surface area contributed by atoms with Crippen molar-refractivity contribution in [2.45, 2.75) is 12.8 Å². The van der Waals surface area contributed by atoms with Gasteiger partial charge in [0, 0.05) is 23.6 Å². The number of nitrogens with one attached hydrogen (secondary N) is 1. The fourth-order valence-corrected chi connectivity index (χ4v) is 2.47. The molecule has 1 aromatic carbocycles. The number of rotatable bonds is 6. The minimum atomic E-state index is -0.923. The Morgan fingerprint density at radius 3 is 2.91 bits per heavy atom. The van der Waals surface area contributed by atoms with Gasteiger partial charge in [-0.25, -0.2) is 0 Å². The van der Waals surface area contributed by atoms with Crippen molar-refractivity contribution < 1.29 is 19.2 Å². The number of carbonyl (C=O) groups is 2. The number of aromatic nitrogens is 2. The van der Waals surface area contributed by atoms with E-state index in [1.807, 2.05) is 6.07 Å². The van der Waals surface area contributed by atoms with Gasteiger partial charge in [-0.3, -0.25) is 9.59 Å². The lowest BCUT2D eigenvalue weighted by atomic mass is 10.2. The number of carboxylic acid groups (broad SMARTS) is 1. The zero-order valence-corrected chi connectivity index (χ0v) is 12.8. The summed E-state index contributed by atoms with van der Waals surface area (Å²) in [4.78, 5) is 26.7. The molecule has 1 amide bonds. The second-order valence-electron chi connectivity index (χ2n) is 5.35. The molecule has 0 aliphatic heterocycles. The first-order valence-electron chi connectivity index (χ1n) is 7.13. The Balaban J connectivity index is 1.50. The van der Waals surface area contributed by atoms with E-state index in [2.05, 4.69) is 15.5 Å². The molecule has 23 heavy (non-hydrogen) atoms. The lowest BCUT2D eigenvalue weighted by molar-refractivity contribution is -0.140. The SMILES string of the molecule is O=C(O)[C@H]1C[C@@H]1C(=O)NCCc1nc(-c2cccc(Cl)c2)no1. The van der Waals surface area contributed by atoms with Gasteiger partial charge in [-0.2, -0.15) is 4.98 Å². The summed E-state index contributed by atoms with van der Waals surface area (Å²) < 4.78 is 5.13. The molecule has 7 nitrogen and oxygen atoms in total. The summed E-state index contributed by atoms with van der Waals surface area (Å²) in [6.07, 6.45) is 0.782. The number of aliphatic carboxylic acids is 1. The van der Waals surface area contributed by atoms with Crippen LogP contribution in [0, 0.1) is 11.8 Å². The lowest BCUT2D eigenvalue weighted by Crippen LogP contribution is -2.28. The maximum Gasteiger partial charge on any atom is 0.307 e. The molecule has 1 fully saturated rings. The van der Waals surface area contributed by atoms with Crippen LogP contribution >= 0.6 is 11.6 Å². The van der Waals surface area contributed by atoms with Crippen molar-refractivity contribution in [1.82, 2.24) is 15.5 Å². The average Bonchev–Trinajstić information content (AvgIpc) is 3.20. The van der Waals surface area contributed by atoms with E-state index >= 15 is 0 Å². The van der Waals surface area contributed by atoms with E-state index in [9.17, 15) is 9.59 Å². The maximum atomic E-state index is 11.7. The number of carbonyl (C=O) groups excluding carboxylic acids is 1. The van der Waals surface area contributed by atoms with Gasteiger partial charge in [0.15, 0.2) is 0 Å². The fourth-order valence-electron chi connectivity index (χ4n) is 2.28. The Hall–Kier alpha value is -2.41. The maximum absolute atomic E-state index is 11.7. The summed E-state index contributed by atoms with van der Waals surface area (Å²) >= 11 is 5.91. The van der Waals surface area contributed by atoms with Crippen LogP contribution in [0.5, 0.6) is 0 Å². The molecule has 1 aliphatic carbocycles. The molecular formula is C15H14ClN3O4. The molecule has 0 spiro atoms. The van der Waals surface area contributed by atoms with E-state index in [0.717, 1.165) is 5.56 Å². The zero-order chi connectivity index (χ0) is 16.4. The van der Waals surface area contributed by atoms with E-state index < -0.39 is 17.8 Å². The van der Waals surface area contributed by atoms with Crippen molar-refractivity contribution >= 4 is 23.5 Å². The van der Waals surface area contributed by atoms with Crippen LogP contribution in [0.3, 0.4) is 0 Å². The van der Waals surface area contributed by atoms with Crippen molar-refractivity contribution in [1.29, 1.82) is 0 Å². The van der Waals surface area contributed by atoms with E-state index in [1.165, 1.54) is 0 Å². The van der Waals surface area contributed by atoms with Crippen LogP contribution in [-0.2, 0) is 16.0 Å². The molecule has 1 aliphatic rings. The fraction of sp³-hybridized carbons (Fsp3) is 0.333. The van der Waals surface area contributed by atoms with Crippen LogP contribution in [0.25, 0.3) is 11.4 Å². The van der Waals surface area contributed by atoms with Gasteiger partial charge in [-0.05, 0) is 18.6 Å². The third-order valence-electron chi connectivity index (χ3n) is 3.63. The van der Waals surface area contributed by atoms with Gasteiger partial charge in [0.25, 0.3) is 0 Å². The zero-order valence-electron chi connectivity index (χ0n) is 12.0. The van der Waals surface area contributed by atoms with Crippen molar-refractivity contribution in [3.8, 4) is 11.4 Å². The Kier molecular flexibility index (Phi) is 4.29. The van der Waals surface area contributed by atoms with Crippen molar-refractivity contribution in [2.24, 2.45) is 11.8 Å². The van der Waals surface area contributed by atoms with Gasteiger partial charge in [-0.15, -0.1) is 0 Å². The second kappa shape index (κ2) is 6.37. The molecule has 3 rings (SSSR count). The van der Waals surface area contributed by atoms with Gasteiger partial charge in [-0.1, -0.05) is 28.9 Å². The monoisotopic (exact) mass is 335 g/mol. The molecular weight excluding hydrogens is 322 g/mol. The van der Waals surface area contributed by atoms with Crippen LogP contribution in [0.4, 0.5) is 0 Å². The highest BCUT2D eigenvalue weighted by Crippen LogP contribution is 2.38.